The van der Waals surface area contributed by atoms with Gasteiger partial charge in [-0.1, -0.05) is 27.7 Å². The Labute approximate surface area is 104 Å². The van der Waals surface area contributed by atoms with Crippen molar-refractivity contribution in [2.45, 2.75) is 52.0 Å². The zero-order chi connectivity index (χ0) is 12.7. The summed E-state index contributed by atoms with van der Waals surface area (Å²) >= 11 is 5.81. The molecule has 1 atom stereocenters. The maximum absolute atomic E-state index is 10.8. The van der Waals surface area contributed by atoms with E-state index in [1.807, 2.05) is 0 Å². The van der Waals surface area contributed by atoms with Crippen LogP contribution >= 0.6 is 11.6 Å². The smallest absolute Gasteiger partial charge is 0.322 e. The molecular weight excluding hydrogens is 226 g/mol. The monoisotopic (exact) mass is 249 g/mol. The Kier molecular flexibility index (Phi) is 7.77. The molecule has 0 aromatic rings. The van der Waals surface area contributed by atoms with Gasteiger partial charge in [0, 0.05) is 19.1 Å². The van der Waals surface area contributed by atoms with Crippen LogP contribution in [0.25, 0.3) is 0 Å². The summed E-state index contributed by atoms with van der Waals surface area (Å²) in [6.07, 6.45) is 2.07. The van der Waals surface area contributed by atoms with Crippen LogP contribution in [-0.4, -0.2) is 40.5 Å². The summed E-state index contributed by atoms with van der Waals surface area (Å²) in [5.41, 5.74) is 0. The number of carbonyl (C=O) groups is 1. The van der Waals surface area contributed by atoms with E-state index < -0.39 is 11.3 Å². The minimum absolute atomic E-state index is 0.432. The second kappa shape index (κ2) is 7.91. The standard InChI is InChI=1S/C12H24ClNO2/c1-5-10(6-2)14(7-9(3)4)8-11(13)12(15)16/h9-11H,5-8H2,1-4H3,(H,15,16). The summed E-state index contributed by atoms with van der Waals surface area (Å²) in [4.78, 5) is 13.0. The van der Waals surface area contributed by atoms with E-state index in [2.05, 4.69) is 32.6 Å². The molecule has 0 spiro atoms. The first kappa shape index (κ1) is 15.7. The maximum Gasteiger partial charge on any atom is 0.322 e. The van der Waals surface area contributed by atoms with Crippen LogP contribution in [0, 0.1) is 5.92 Å². The first-order valence-corrected chi connectivity index (χ1v) is 6.46. The second-order valence-corrected chi connectivity index (χ2v) is 5.15. The molecule has 0 heterocycles. The largest absolute Gasteiger partial charge is 0.480 e. The Balaban J connectivity index is 4.46. The number of aliphatic carboxylic acids is 1. The molecule has 1 unspecified atom stereocenters. The number of carboxylic acids is 1. The third-order valence-corrected chi connectivity index (χ3v) is 3.05. The van der Waals surface area contributed by atoms with Gasteiger partial charge in [0.1, 0.15) is 5.38 Å². The van der Waals surface area contributed by atoms with E-state index in [-0.39, 0.29) is 0 Å². The highest BCUT2D eigenvalue weighted by Crippen LogP contribution is 2.13. The average Bonchev–Trinajstić information content (AvgIpc) is 2.18. The molecule has 0 fully saturated rings. The fourth-order valence-electron chi connectivity index (χ4n) is 1.93. The second-order valence-electron chi connectivity index (χ2n) is 4.62. The Morgan fingerprint density at radius 2 is 1.75 bits per heavy atom. The quantitative estimate of drug-likeness (QED) is 0.673. The van der Waals surface area contributed by atoms with Crippen molar-refractivity contribution in [1.29, 1.82) is 0 Å². The Hall–Kier alpha value is -0.280. The fourth-order valence-corrected chi connectivity index (χ4v) is 2.11. The van der Waals surface area contributed by atoms with Crippen LogP contribution in [0.4, 0.5) is 0 Å². The van der Waals surface area contributed by atoms with Crippen LogP contribution in [0.15, 0.2) is 0 Å². The van der Waals surface area contributed by atoms with Gasteiger partial charge in [-0.05, 0) is 18.8 Å². The van der Waals surface area contributed by atoms with Gasteiger partial charge < -0.3 is 5.11 Å². The van der Waals surface area contributed by atoms with Crippen LogP contribution in [0.3, 0.4) is 0 Å². The molecule has 0 aromatic heterocycles. The molecule has 0 rings (SSSR count). The third-order valence-electron chi connectivity index (χ3n) is 2.72. The van der Waals surface area contributed by atoms with Crippen molar-refractivity contribution < 1.29 is 9.90 Å². The Bertz CT molecular complexity index is 205. The summed E-state index contributed by atoms with van der Waals surface area (Å²) < 4.78 is 0. The molecule has 0 radical (unpaired) electrons. The van der Waals surface area contributed by atoms with Gasteiger partial charge in [0.25, 0.3) is 0 Å². The summed E-state index contributed by atoms with van der Waals surface area (Å²) in [6, 6.07) is 0.433. The summed E-state index contributed by atoms with van der Waals surface area (Å²) in [6.45, 7) is 9.88. The van der Waals surface area contributed by atoms with E-state index >= 15 is 0 Å². The normalized spacial score (nSPS) is 13.8. The summed E-state index contributed by atoms with van der Waals surface area (Å²) in [5, 5.41) is 8.03. The molecule has 0 saturated carbocycles. The third kappa shape index (κ3) is 5.71. The van der Waals surface area contributed by atoms with Gasteiger partial charge in [-0.3, -0.25) is 9.69 Å². The average molecular weight is 250 g/mol. The van der Waals surface area contributed by atoms with Gasteiger partial charge in [0.05, 0.1) is 0 Å². The highest BCUT2D eigenvalue weighted by Gasteiger charge is 2.23. The summed E-state index contributed by atoms with van der Waals surface area (Å²) in [7, 11) is 0. The van der Waals surface area contributed by atoms with Crippen molar-refractivity contribution in [3.05, 3.63) is 0 Å². The number of hydrogen-bond donors (Lipinski definition) is 1. The number of rotatable bonds is 8. The van der Waals surface area contributed by atoms with Crippen LogP contribution in [0.5, 0.6) is 0 Å². The van der Waals surface area contributed by atoms with Crippen molar-refractivity contribution in [3.63, 3.8) is 0 Å². The lowest BCUT2D eigenvalue weighted by atomic mass is 10.1. The molecule has 1 N–H and O–H groups in total. The number of nitrogens with zero attached hydrogens (tertiary/aromatic N) is 1. The molecular formula is C12H24ClNO2. The molecule has 0 bridgehead atoms. The molecule has 4 heteroatoms. The lowest BCUT2D eigenvalue weighted by Crippen LogP contribution is -2.42. The van der Waals surface area contributed by atoms with Crippen LogP contribution in [-0.2, 0) is 4.79 Å². The molecule has 3 nitrogen and oxygen atoms in total. The molecule has 0 aliphatic rings. The van der Waals surface area contributed by atoms with Gasteiger partial charge in [-0.2, -0.15) is 0 Å². The Morgan fingerprint density at radius 3 is 2.06 bits per heavy atom. The predicted octanol–water partition coefficient (Wildman–Crippen LogP) is 2.83. The van der Waals surface area contributed by atoms with Gasteiger partial charge in [0.2, 0.25) is 0 Å². The lowest BCUT2D eigenvalue weighted by Gasteiger charge is -2.32. The first-order chi connectivity index (χ1) is 7.42. The first-order valence-electron chi connectivity index (χ1n) is 6.03. The zero-order valence-electron chi connectivity index (χ0n) is 10.7. The fraction of sp³-hybridized carbons (Fsp3) is 0.917. The molecule has 16 heavy (non-hydrogen) atoms. The molecule has 0 aliphatic heterocycles. The van der Waals surface area contributed by atoms with Crippen molar-refractivity contribution in [3.8, 4) is 0 Å². The minimum atomic E-state index is -0.929. The van der Waals surface area contributed by atoms with Crippen LogP contribution in [0.1, 0.15) is 40.5 Å². The van der Waals surface area contributed by atoms with Gasteiger partial charge >= 0.3 is 5.97 Å². The molecule has 0 amide bonds. The molecule has 96 valence electrons. The van der Waals surface area contributed by atoms with Crippen molar-refractivity contribution in [2.24, 2.45) is 5.92 Å². The molecule has 0 saturated heterocycles. The number of hydrogen-bond acceptors (Lipinski definition) is 2. The maximum atomic E-state index is 10.8. The van der Waals surface area contributed by atoms with E-state index in [9.17, 15) is 4.79 Å². The predicted molar refractivity (Wildman–Crippen MR) is 68.1 cm³/mol. The molecule has 0 aromatic carbocycles. The van der Waals surface area contributed by atoms with Gasteiger partial charge in [-0.15, -0.1) is 11.6 Å². The van der Waals surface area contributed by atoms with Crippen molar-refractivity contribution >= 4 is 17.6 Å². The van der Waals surface area contributed by atoms with Gasteiger partial charge in [0.15, 0.2) is 0 Å². The minimum Gasteiger partial charge on any atom is -0.480 e. The van der Waals surface area contributed by atoms with Crippen molar-refractivity contribution in [2.75, 3.05) is 13.1 Å². The number of carboxylic acid groups (broad SMARTS) is 1. The summed E-state index contributed by atoms with van der Waals surface area (Å²) in [5.74, 6) is -0.403. The van der Waals surface area contributed by atoms with Crippen molar-refractivity contribution in [1.82, 2.24) is 4.90 Å². The lowest BCUT2D eigenvalue weighted by molar-refractivity contribution is -0.137. The number of alkyl halides is 1. The van der Waals surface area contributed by atoms with Crippen LogP contribution in [0.2, 0.25) is 0 Å². The topological polar surface area (TPSA) is 40.5 Å². The van der Waals surface area contributed by atoms with E-state index in [4.69, 9.17) is 16.7 Å². The van der Waals surface area contributed by atoms with Crippen LogP contribution < -0.4 is 0 Å². The van der Waals surface area contributed by atoms with E-state index in [1.54, 1.807) is 0 Å². The van der Waals surface area contributed by atoms with E-state index in [0.717, 1.165) is 19.4 Å². The van der Waals surface area contributed by atoms with E-state index in [1.165, 1.54) is 0 Å². The zero-order valence-corrected chi connectivity index (χ0v) is 11.5. The molecule has 0 aliphatic carbocycles. The Morgan fingerprint density at radius 1 is 1.25 bits per heavy atom. The highest BCUT2D eigenvalue weighted by molar-refractivity contribution is 6.29. The highest BCUT2D eigenvalue weighted by atomic mass is 35.5. The number of halogens is 1. The van der Waals surface area contributed by atoms with E-state index in [0.29, 0.717) is 18.5 Å². The van der Waals surface area contributed by atoms with Gasteiger partial charge in [-0.25, -0.2) is 0 Å². The SMILES string of the molecule is CCC(CC)N(CC(C)C)CC(Cl)C(=O)O.